The number of ether oxygens (including phenoxy) is 1. The van der Waals surface area contributed by atoms with Crippen molar-refractivity contribution in [3.05, 3.63) is 65.5 Å². The minimum atomic E-state index is -0.165. The van der Waals surface area contributed by atoms with Crippen LogP contribution in [0.1, 0.15) is 43.6 Å². The molecule has 0 aliphatic carbocycles. The van der Waals surface area contributed by atoms with E-state index in [1.165, 1.54) is 5.56 Å². The summed E-state index contributed by atoms with van der Waals surface area (Å²) in [6.07, 6.45) is 1.00. The molecule has 0 unspecified atom stereocenters. The van der Waals surface area contributed by atoms with E-state index in [0.717, 1.165) is 17.5 Å². The molecule has 1 amide bonds. The van der Waals surface area contributed by atoms with E-state index in [1.807, 2.05) is 38.1 Å². The summed E-state index contributed by atoms with van der Waals surface area (Å²) in [6.45, 7) is 6.59. The van der Waals surface area contributed by atoms with Crippen LogP contribution in [0.5, 0.6) is 5.75 Å². The summed E-state index contributed by atoms with van der Waals surface area (Å²) in [7, 11) is 0. The largest absolute Gasteiger partial charge is 0.484 e. The highest BCUT2D eigenvalue weighted by molar-refractivity contribution is 5.77. The Hall–Kier alpha value is -3.15. The molecule has 6 heteroatoms. The summed E-state index contributed by atoms with van der Waals surface area (Å²) in [6, 6.07) is 15.4. The van der Waals surface area contributed by atoms with E-state index in [0.29, 0.717) is 24.0 Å². The zero-order valence-electron chi connectivity index (χ0n) is 16.4. The van der Waals surface area contributed by atoms with Gasteiger partial charge in [-0.25, -0.2) is 0 Å². The number of aromatic nitrogens is 2. The van der Waals surface area contributed by atoms with Gasteiger partial charge in [-0.2, -0.15) is 4.98 Å². The highest BCUT2D eigenvalue weighted by Crippen LogP contribution is 2.22. The van der Waals surface area contributed by atoms with E-state index in [2.05, 4.69) is 34.5 Å². The minimum Gasteiger partial charge on any atom is -0.484 e. The van der Waals surface area contributed by atoms with Crippen LogP contribution in [0.4, 0.5) is 0 Å². The monoisotopic (exact) mass is 379 g/mol. The van der Waals surface area contributed by atoms with Crippen LogP contribution in [0, 0.1) is 0 Å². The van der Waals surface area contributed by atoms with Crippen LogP contribution in [0.15, 0.2) is 53.1 Å². The Kier molecular flexibility index (Phi) is 6.42. The van der Waals surface area contributed by atoms with Crippen molar-refractivity contribution in [3.8, 4) is 17.2 Å². The molecule has 3 rings (SSSR count). The van der Waals surface area contributed by atoms with Crippen molar-refractivity contribution >= 4 is 5.91 Å². The van der Waals surface area contributed by atoms with Gasteiger partial charge in [0.2, 0.25) is 0 Å². The van der Waals surface area contributed by atoms with Crippen molar-refractivity contribution in [3.63, 3.8) is 0 Å². The smallest absolute Gasteiger partial charge is 0.258 e. The van der Waals surface area contributed by atoms with E-state index < -0.39 is 0 Å². The fourth-order valence-electron chi connectivity index (χ4n) is 2.57. The Morgan fingerprint density at radius 2 is 1.75 bits per heavy atom. The lowest BCUT2D eigenvalue weighted by Gasteiger charge is -2.08. The van der Waals surface area contributed by atoms with Crippen LogP contribution in [-0.4, -0.2) is 22.7 Å². The van der Waals surface area contributed by atoms with E-state index in [4.69, 9.17) is 9.26 Å². The summed E-state index contributed by atoms with van der Waals surface area (Å²) in [5.41, 5.74) is 3.16. The first-order valence-electron chi connectivity index (χ1n) is 9.46. The molecule has 1 N–H and O–H groups in total. The number of hydrogen-bond acceptors (Lipinski definition) is 5. The van der Waals surface area contributed by atoms with Gasteiger partial charge in [-0.15, -0.1) is 0 Å². The number of carbonyl (C=O) groups excluding carboxylic acids is 1. The lowest BCUT2D eigenvalue weighted by atomic mass is 10.1. The Morgan fingerprint density at radius 3 is 2.36 bits per heavy atom. The van der Waals surface area contributed by atoms with Crippen LogP contribution in [0.25, 0.3) is 11.5 Å². The lowest BCUT2D eigenvalue weighted by molar-refractivity contribution is -0.123. The third kappa shape index (κ3) is 5.19. The molecule has 0 saturated carbocycles. The molecule has 0 fully saturated rings. The molecule has 6 nitrogen and oxygen atoms in total. The van der Waals surface area contributed by atoms with E-state index in [1.54, 1.807) is 12.1 Å². The number of carbonyl (C=O) groups is 1. The molecule has 0 spiro atoms. The standard InChI is InChI=1S/C22H25N3O3/c1-4-16-5-7-17(8-6-16)13-23-20(26)14-27-19-11-9-18(10-12-19)22-24-21(15(2)3)25-28-22/h5-12,15H,4,13-14H2,1-3H3,(H,23,26). The SMILES string of the molecule is CCc1ccc(CNC(=O)COc2ccc(-c3nc(C(C)C)no3)cc2)cc1. The van der Waals surface area contributed by atoms with E-state index in [-0.39, 0.29) is 18.4 Å². The Morgan fingerprint density at radius 1 is 1.07 bits per heavy atom. The number of nitrogens with one attached hydrogen (secondary N) is 1. The minimum absolute atomic E-state index is 0.0373. The molecule has 0 saturated heterocycles. The summed E-state index contributed by atoms with van der Waals surface area (Å²) < 4.78 is 10.8. The van der Waals surface area contributed by atoms with Crippen molar-refractivity contribution in [2.75, 3.05) is 6.61 Å². The van der Waals surface area contributed by atoms with Crippen LogP contribution in [-0.2, 0) is 17.8 Å². The maximum absolute atomic E-state index is 12.0. The Labute approximate surface area is 164 Å². The maximum Gasteiger partial charge on any atom is 0.258 e. The van der Waals surface area contributed by atoms with Gasteiger partial charge in [0.05, 0.1) is 0 Å². The van der Waals surface area contributed by atoms with Gasteiger partial charge in [0.15, 0.2) is 12.4 Å². The van der Waals surface area contributed by atoms with E-state index >= 15 is 0 Å². The zero-order valence-corrected chi connectivity index (χ0v) is 16.4. The average molecular weight is 379 g/mol. The summed E-state index contributed by atoms with van der Waals surface area (Å²) in [5.74, 6) is 1.80. The van der Waals surface area contributed by atoms with Crippen LogP contribution in [0.3, 0.4) is 0 Å². The van der Waals surface area contributed by atoms with Gasteiger partial charge in [0.1, 0.15) is 5.75 Å². The van der Waals surface area contributed by atoms with Gasteiger partial charge in [-0.3, -0.25) is 4.79 Å². The summed E-state index contributed by atoms with van der Waals surface area (Å²) in [5, 5.41) is 6.82. The molecule has 3 aromatic rings. The topological polar surface area (TPSA) is 77.2 Å². The van der Waals surface area contributed by atoms with Gasteiger partial charge in [0, 0.05) is 18.0 Å². The molecule has 2 aromatic carbocycles. The van der Waals surface area contributed by atoms with Crippen molar-refractivity contribution in [2.24, 2.45) is 0 Å². The van der Waals surface area contributed by atoms with Crippen molar-refractivity contribution in [1.29, 1.82) is 0 Å². The quantitative estimate of drug-likeness (QED) is 0.637. The molecule has 1 aromatic heterocycles. The average Bonchev–Trinajstić information content (AvgIpc) is 3.22. The second-order valence-electron chi connectivity index (χ2n) is 6.87. The number of amides is 1. The van der Waals surface area contributed by atoms with Gasteiger partial charge >= 0.3 is 0 Å². The fourth-order valence-corrected chi connectivity index (χ4v) is 2.57. The van der Waals surface area contributed by atoms with Gasteiger partial charge < -0.3 is 14.6 Å². The first-order chi connectivity index (χ1) is 13.5. The molecule has 0 aliphatic rings. The van der Waals surface area contributed by atoms with Crippen molar-refractivity contribution in [2.45, 2.75) is 39.7 Å². The highest BCUT2D eigenvalue weighted by Gasteiger charge is 2.11. The van der Waals surface area contributed by atoms with Gasteiger partial charge in [0.25, 0.3) is 11.8 Å². The lowest BCUT2D eigenvalue weighted by Crippen LogP contribution is -2.28. The van der Waals surface area contributed by atoms with Crippen LogP contribution >= 0.6 is 0 Å². The number of aryl methyl sites for hydroxylation is 1. The third-order valence-corrected chi connectivity index (χ3v) is 4.35. The number of nitrogens with zero attached hydrogens (tertiary/aromatic N) is 2. The second kappa shape index (κ2) is 9.17. The second-order valence-corrected chi connectivity index (χ2v) is 6.87. The maximum atomic E-state index is 12.0. The van der Waals surface area contributed by atoms with Gasteiger partial charge in [-0.05, 0) is 41.8 Å². The van der Waals surface area contributed by atoms with Gasteiger partial charge in [-0.1, -0.05) is 50.2 Å². The normalized spacial score (nSPS) is 10.9. The number of benzene rings is 2. The van der Waals surface area contributed by atoms with Crippen LogP contribution < -0.4 is 10.1 Å². The van der Waals surface area contributed by atoms with Crippen molar-refractivity contribution in [1.82, 2.24) is 15.5 Å². The predicted octanol–water partition coefficient (Wildman–Crippen LogP) is 4.12. The number of rotatable bonds is 8. The molecule has 0 bridgehead atoms. The third-order valence-electron chi connectivity index (χ3n) is 4.35. The van der Waals surface area contributed by atoms with E-state index in [9.17, 15) is 4.79 Å². The zero-order chi connectivity index (χ0) is 19.9. The first kappa shape index (κ1) is 19.6. The molecule has 1 heterocycles. The fraction of sp³-hybridized carbons (Fsp3) is 0.318. The molecular formula is C22H25N3O3. The molecular weight excluding hydrogens is 354 g/mol. The molecule has 28 heavy (non-hydrogen) atoms. The molecule has 0 atom stereocenters. The predicted molar refractivity (Wildman–Crippen MR) is 107 cm³/mol. The van der Waals surface area contributed by atoms with Crippen LogP contribution in [0.2, 0.25) is 0 Å². The summed E-state index contributed by atoms with van der Waals surface area (Å²) >= 11 is 0. The molecule has 0 radical (unpaired) electrons. The molecule has 0 aliphatic heterocycles. The summed E-state index contributed by atoms with van der Waals surface area (Å²) in [4.78, 5) is 16.4. The first-order valence-corrected chi connectivity index (χ1v) is 9.46. The van der Waals surface area contributed by atoms with Crippen molar-refractivity contribution < 1.29 is 14.1 Å². The number of hydrogen-bond donors (Lipinski definition) is 1. The molecule has 146 valence electrons. The highest BCUT2D eigenvalue weighted by atomic mass is 16.5. The Bertz CT molecular complexity index is 900. The Balaban J connectivity index is 1.47.